The Kier molecular flexibility index (Phi) is 7.02. The van der Waals surface area contributed by atoms with Gasteiger partial charge in [0.15, 0.2) is 5.17 Å². The monoisotopic (exact) mass is 481 g/mol. The van der Waals surface area contributed by atoms with E-state index in [1.165, 1.54) is 17.8 Å². The fourth-order valence-electron chi connectivity index (χ4n) is 3.87. The van der Waals surface area contributed by atoms with Gasteiger partial charge in [-0.25, -0.2) is 14.2 Å². The highest BCUT2D eigenvalue weighted by atomic mass is 32.2. The van der Waals surface area contributed by atoms with Crippen LogP contribution in [0.3, 0.4) is 0 Å². The maximum absolute atomic E-state index is 15.0. The van der Waals surface area contributed by atoms with Crippen molar-refractivity contribution in [2.45, 2.75) is 26.3 Å². The summed E-state index contributed by atoms with van der Waals surface area (Å²) in [6.07, 6.45) is 0.0121. The first-order valence-corrected chi connectivity index (χ1v) is 11.6. The van der Waals surface area contributed by atoms with Crippen LogP contribution in [0.5, 0.6) is 5.75 Å². The SMILES string of the molecule is CCOC(=O)C1=C(C)N=C2SC=C(CC(=O)Nc3ccc(OC)cc3)N2[C@H]1c1ccccc1F. The van der Waals surface area contributed by atoms with Crippen molar-refractivity contribution >= 4 is 34.5 Å². The van der Waals surface area contributed by atoms with E-state index < -0.39 is 17.8 Å². The number of methoxy groups -OCH3 is 1. The molecule has 1 N–H and O–H groups in total. The minimum absolute atomic E-state index is 0.0121. The van der Waals surface area contributed by atoms with Gasteiger partial charge in [-0.05, 0) is 49.6 Å². The molecule has 176 valence electrons. The number of amidine groups is 1. The van der Waals surface area contributed by atoms with Crippen molar-refractivity contribution in [2.75, 3.05) is 19.0 Å². The second-order valence-corrected chi connectivity index (χ2v) is 8.43. The Hall–Kier alpha value is -3.59. The maximum Gasteiger partial charge on any atom is 0.338 e. The van der Waals surface area contributed by atoms with Crippen molar-refractivity contribution in [1.29, 1.82) is 0 Å². The van der Waals surface area contributed by atoms with Gasteiger partial charge in [0, 0.05) is 16.9 Å². The predicted molar refractivity (Wildman–Crippen MR) is 130 cm³/mol. The first kappa shape index (κ1) is 23.6. The zero-order chi connectivity index (χ0) is 24.2. The third kappa shape index (κ3) is 4.70. The molecule has 0 aliphatic carbocycles. The zero-order valence-corrected chi connectivity index (χ0v) is 19.8. The number of amides is 1. The molecule has 4 rings (SSSR count). The summed E-state index contributed by atoms with van der Waals surface area (Å²) in [6, 6.07) is 12.5. The van der Waals surface area contributed by atoms with Gasteiger partial charge in [0.1, 0.15) is 11.6 Å². The van der Waals surface area contributed by atoms with Crippen LogP contribution in [-0.4, -0.2) is 35.7 Å². The lowest BCUT2D eigenvalue weighted by molar-refractivity contribution is -0.139. The molecular weight excluding hydrogens is 457 g/mol. The molecule has 0 radical (unpaired) electrons. The van der Waals surface area contributed by atoms with Gasteiger partial charge in [-0.15, -0.1) is 0 Å². The normalized spacial score (nSPS) is 17.1. The minimum atomic E-state index is -0.803. The lowest BCUT2D eigenvalue weighted by atomic mass is 9.93. The van der Waals surface area contributed by atoms with E-state index in [1.807, 2.05) is 5.41 Å². The fourth-order valence-corrected chi connectivity index (χ4v) is 4.84. The molecule has 2 aromatic rings. The number of esters is 1. The molecule has 2 aromatic carbocycles. The smallest absolute Gasteiger partial charge is 0.338 e. The van der Waals surface area contributed by atoms with Gasteiger partial charge in [-0.2, -0.15) is 0 Å². The summed E-state index contributed by atoms with van der Waals surface area (Å²) in [5.74, 6) is -0.588. The van der Waals surface area contributed by atoms with Crippen molar-refractivity contribution in [3.05, 3.63) is 82.3 Å². The van der Waals surface area contributed by atoms with Crippen LogP contribution in [0.15, 0.2) is 75.9 Å². The van der Waals surface area contributed by atoms with Crippen LogP contribution in [-0.2, 0) is 14.3 Å². The number of nitrogens with zero attached hydrogens (tertiary/aromatic N) is 2. The zero-order valence-electron chi connectivity index (χ0n) is 19.0. The van der Waals surface area contributed by atoms with Crippen LogP contribution in [0, 0.1) is 5.82 Å². The van der Waals surface area contributed by atoms with E-state index in [1.54, 1.807) is 68.3 Å². The number of thioether (sulfide) groups is 1. The summed E-state index contributed by atoms with van der Waals surface area (Å²) in [4.78, 5) is 32.1. The van der Waals surface area contributed by atoms with E-state index in [0.717, 1.165) is 0 Å². The van der Waals surface area contributed by atoms with Gasteiger partial charge in [0.05, 0.1) is 37.4 Å². The lowest BCUT2D eigenvalue weighted by Crippen LogP contribution is -2.38. The van der Waals surface area contributed by atoms with E-state index in [2.05, 4.69) is 10.3 Å². The number of benzene rings is 2. The number of anilines is 1. The predicted octanol–water partition coefficient (Wildman–Crippen LogP) is 5.00. The number of hydrogen-bond donors (Lipinski definition) is 1. The summed E-state index contributed by atoms with van der Waals surface area (Å²) >= 11 is 1.33. The van der Waals surface area contributed by atoms with Crippen molar-refractivity contribution in [3.8, 4) is 5.75 Å². The summed E-state index contributed by atoms with van der Waals surface area (Å²) < 4.78 is 25.4. The Bertz CT molecular complexity index is 1210. The van der Waals surface area contributed by atoms with Crippen LogP contribution in [0.25, 0.3) is 0 Å². The Morgan fingerprint density at radius 3 is 2.59 bits per heavy atom. The topological polar surface area (TPSA) is 80.2 Å². The summed E-state index contributed by atoms with van der Waals surface area (Å²) in [7, 11) is 1.57. The van der Waals surface area contributed by atoms with Gasteiger partial charge in [-0.3, -0.25) is 4.79 Å². The maximum atomic E-state index is 15.0. The lowest BCUT2D eigenvalue weighted by Gasteiger charge is -2.36. The highest BCUT2D eigenvalue weighted by Gasteiger charge is 2.42. The second-order valence-electron chi connectivity index (χ2n) is 7.59. The molecule has 2 heterocycles. The third-order valence-electron chi connectivity index (χ3n) is 5.41. The van der Waals surface area contributed by atoms with Crippen LogP contribution >= 0.6 is 11.8 Å². The molecule has 1 atom stereocenters. The molecule has 1 amide bonds. The molecule has 7 nitrogen and oxygen atoms in total. The first-order chi connectivity index (χ1) is 16.4. The Morgan fingerprint density at radius 1 is 1.18 bits per heavy atom. The summed E-state index contributed by atoms with van der Waals surface area (Å²) in [5, 5.41) is 5.24. The van der Waals surface area contributed by atoms with Crippen molar-refractivity contribution < 1.29 is 23.5 Å². The molecule has 0 bridgehead atoms. The van der Waals surface area contributed by atoms with Crippen LogP contribution in [0.4, 0.5) is 10.1 Å². The molecule has 0 spiro atoms. The van der Waals surface area contributed by atoms with Crippen molar-refractivity contribution in [2.24, 2.45) is 4.99 Å². The summed E-state index contributed by atoms with van der Waals surface area (Å²) in [5.41, 5.74) is 2.25. The Labute approximate surface area is 201 Å². The summed E-state index contributed by atoms with van der Waals surface area (Å²) in [6.45, 7) is 3.60. The van der Waals surface area contributed by atoms with Gasteiger partial charge >= 0.3 is 5.97 Å². The number of ether oxygens (including phenoxy) is 2. The molecule has 0 saturated carbocycles. The molecule has 0 aromatic heterocycles. The number of fused-ring (bicyclic) bond motifs is 1. The van der Waals surface area contributed by atoms with E-state index in [-0.39, 0.29) is 24.5 Å². The fraction of sp³-hybridized carbons (Fsp3) is 0.240. The van der Waals surface area contributed by atoms with Crippen molar-refractivity contribution in [3.63, 3.8) is 0 Å². The van der Waals surface area contributed by atoms with Crippen molar-refractivity contribution in [1.82, 2.24) is 4.90 Å². The van der Waals surface area contributed by atoms with Gasteiger partial charge in [0.25, 0.3) is 0 Å². The number of nitrogens with one attached hydrogen (secondary N) is 1. The molecule has 34 heavy (non-hydrogen) atoms. The van der Waals surface area contributed by atoms with Gasteiger partial charge in [-0.1, -0.05) is 30.0 Å². The molecule has 0 saturated heterocycles. The average molecular weight is 482 g/mol. The minimum Gasteiger partial charge on any atom is -0.497 e. The quantitative estimate of drug-likeness (QED) is 0.561. The number of carbonyl (C=O) groups is 2. The first-order valence-electron chi connectivity index (χ1n) is 10.7. The molecule has 0 fully saturated rings. The number of aliphatic imine (C=N–C) groups is 1. The molecular formula is C25H24FN3O4S. The van der Waals surface area contributed by atoms with Gasteiger partial charge in [0.2, 0.25) is 5.91 Å². The number of allylic oxidation sites excluding steroid dienone is 1. The highest BCUT2D eigenvalue weighted by molar-refractivity contribution is 8.16. The largest absolute Gasteiger partial charge is 0.497 e. The third-order valence-corrected chi connectivity index (χ3v) is 6.30. The number of carbonyl (C=O) groups excluding carboxylic acids is 2. The number of halogens is 1. The standard InChI is InChI=1S/C25H24FN3O4S/c1-4-33-24(31)22-15(2)27-25-29(23(22)19-7-5-6-8-20(19)26)17(14-34-25)13-21(30)28-16-9-11-18(32-3)12-10-16/h5-12,14,23H,4,13H2,1-3H3,(H,28,30)/t23-/m0/s1. The number of hydrogen-bond acceptors (Lipinski definition) is 7. The average Bonchev–Trinajstić information content (AvgIpc) is 3.21. The van der Waals surface area contributed by atoms with Gasteiger partial charge < -0.3 is 19.7 Å². The van der Waals surface area contributed by atoms with Crippen LogP contribution in [0.2, 0.25) is 0 Å². The molecule has 2 aliphatic rings. The molecule has 2 aliphatic heterocycles. The molecule has 9 heteroatoms. The highest BCUT2D eigenvalue weighted by Crippen LogP contribution is 2.45. The van der Waals surface area contributed by atoms with Crippen LogP contribution in [0.1, 0.15) is 31.9 Å². The molecule has 0 unspecified atom stereocenters. The number of rotatable bonds is 7. The van der Waals surface area contributed by atoms with E-state index >= 15 is 0 Å². The Balaban J connectivity index is 1.64. The van der Waals surface area contributed by atoms with E-state index in [4.69, 9.17) is 9.47 Å². The van der Waals surface area contributed by atoms with E-state index in [9.17, 15) is 14.0 Å². The van der Waals surface area contributed by atoms with E-state index in [0.29, 0.717) is 33.6 Å². The second kappa shape index (κ2) is 10.1. The van der Waals surface area contributed by atoms with Crippen LogP contribution < -0.4 is 10.1 Å². The Morgan fingerprint density at radius 2 is 1.91 bits per heavy atom.